The molecule has 1 atom stereocenters. The molecule has 0 spiro atoms. The number of nitrogens with one attached hydrogen (secondary N) is 2. The first-order valence-electron chi connectivity index (χ1n) is 9.51. The predicted molar refractivity (Wildman–Crippen MR) is 125 cm³/mol. The zero-order valence-electron chi connectivity index (χ0n) is 16.5. The molecule has 32 heavy (non-hydrogen) atoms. The van der Waals surface area contributed by atoms with Gasteiger partial charge in [-0.2, -0.15) is 0 Å². The van der Waals surface area contributed by atoms with Crippen LogP contribution in [0.15, 0.2) is 77.7 Å². The van der Waals surface area contributed by atoms with E-state index in [1.54, 1.807) is 48.5 Å². The Kier molecular flexibility index (Phi) is 6.10. The second-order valence-corrected chi connectivity index (χ2v) is 9.67. The maximum atomic E-state index is 13.6. The van der Waals surface area contributed by atoms with E-state index in [1.165, 1.54) is 24.3 Å². The Morgan fingerprint density at radius 2 is 1.62 bits per heavy atom. The van der Waals surface area contributed by atoms with Crippen molar-refractivity contribution in [3.05, 3.63) is 82.8 Å². The fourth-order valence-corrected chi connectivity index (χ4v) is 5.33. The van der Waals surface area contributed by atoms with E-state index in [9.17, 15) is 18.0 Å². The average molecular weight is 490 g/mol. The standard InChI is InChI=1S/C22H17Cl2N3O4S/c23-14-9-11-15(12-10-14)32(30,31)27-19-8-4-3-7-18(19)26-22(29)20(27)13-21(28)25-17-6-2-1-5-16(17)24/h1-12,20H,13H2,(H,25,28)(H,26,29). The van der Waals surface area contributed by atoms with Gasteiger partial charge in [-0.1, -0.05) is 47.5 Å². The Hall–Kier alpha value is -3.07. The number of carbonyl (C=O) groups excluding carboxylic acids is 2. The summed E-state index contributed by atoms with van der Waals surface area (Å²) in [5.74, 6) is -1.18. The number of amides is 2. The Balaban J connectivity index is 1.73. The highest BCUT2D eigenvalue weighted by Crippen LogP contribution is 2.37. The van der Waals surface area contributed by atoms with Crippen LogP contribution < -0.4 is 14.9 Å². The molecule has 3 aromatic carbocycles. The van der Waals surface area contributed by atoms with E-state index in [0.29, 0.717) is 21.4 Å². The maximum absolute atomic E-state index is 13.6. The van der Waals surface area contributed by atoms with Crippen molar-refractivity contribution in [2.75, 3.05) is 14.9 Å². The van der Waals surface area contributed by atoms with Gasteiger partial charge < -0.3 is 10.6 Å². The highest BCUT2D eigenvalue weighted by molar-refractivity contribution is 7.93. The second-order valence-electron chi connectivity index (χ2n) is 7.01. The van der Waals surface area contributed by atoms with Gasteiger partial charge in [-0.3, -0.25) is 13.9 Å². The molecule has 164 valence electrons. The molecule has 4 rings (SSSR count). The lowest BCUT2D eigenvalue weighted by molar-refractivity contribution is -0.122. The molecule has 2 N–H and O–H groups in total. The van der Waals surface area contributed by atoms with E-state index in [2.05, 4.69) is 10.6 Å². The molecule has 0 saturated heterocycles. The van der Waals surface area contributed by atoms with Crippen LogP contribution in [-0.2, 0) is 19.6 Å². The van der Waals surface area contributed by atoms with E-state index in [-0.39, 0.29) is 10.6 Å². The first-order chi connectivity index (χ1) is 15.3. The van der Waals surface area contributed by atoms with E-state index in [4.69, 9.17) is 23.2 Å². The van der Waals surface area contributed by atoms with Crippen molar-refractivity contribution in [1.82, 2.24) is 0 Å². The van der Waals surface area contributed by atoms with Crippen LogP contribution in [0, 0.1) is 0 Å². The Morgan fingerprint density at radius 1 is 0.969 bits per heavy atom. The van der Waals surface area contributed by atoms with Crippen LogP contribution in [0.2, 0.25) is 10.0 Å². The largest absolute Gasteiger partial charge is 0.325 e. The number of fused-ring (bicyclic) bond motifs is 1. The summed E-state index contributed by atoms with van der Waals surface area (Å²) >= 11 is 12.0. The molecule has 0 radical (unpaired) electrons. The van der Waals surface area contributed by atoms with Crippen LogP contribution in [0.3, 0.4) is 0 Å². The molecule has 2 amide bonds. The van der Waals surface area contributed by atoms with E-state index in [1.807, 2.05) is 0 Å². The van der Waals surface area contributed by atoms with E-state index in [0.717, 1.165) is 4.31 Å². The minimum atomic E-state index is -4.19. The molecule has 1 aliphatic heterocycles. The van der Waals surface area contributed by atoms with Crippen molar-refractivity contribution in [3.63, 3.8) is 0 Å². The normalized spacial score (nSPS) is 15.6. The van der Waals surface area contributed by atoms with Crippen molar-refractivity contribution in [2.24, 2.45) is 0 Å². The Morgan fingerprint density at radius 3 is 2.34 bits per heavy atom. The third-order valence-corrected chi connectivity index (χ3v) is 7.30. The van der Waals surface area contributed by atoms with Gasteiger partial charge in [0.15, 0.2) is 0 Å². The molecule has 1 unspecified atom stereocenters. The fraction of sp³-hybridized carbons (Fsp3) is 0.0909. The number of halogens is 2. The molecule has 3 aromatic rings. The summed E-state index contributed by atoms with van der Waals surface area (Å²) in [5, 5.41) is 6.01. The van der Waals surface area contributed by atoms with Crippen LogP contribution in [0.25, 0.3) is 0 Å². The molecule has 1 aliphatic rings. The third-order valence-electron chi connectivity index (χ3n) is 4.88. The van der Waals surface area contributed by atoms with Gasteiger partial charge in [0.25, 0.3) is 10.0 Å². The second kappa shape index (κ2) is 8.82. The predicted octanol–water partition coefficient (Wildman–Crippen LogP) is 4.54. The quantitative estimate of drug-likeness (QED) is 0.549. The number of hydrogen-bond donors (Lipinski definition) is 2. The molecule has 7 nitrogen and oxygen atoms in total. The average Bonchev–Trinajstić information content (AvgIpc) is 2.76. The topological polar surface area (TPSA) is 95.6 Å². The number of rotatable bonds is 5. The monoisotopic (exact) mass is 489 g/mol. The number of para-hydroxylation sites is 3. The van der Waals surface area contributed by atoms with Crippen LogP contribution >= 0.6 is 23.2 Å². The van der Waals surface area contributed by atoms with Gasteiger partial charge in [0, 0.05) is 5.02 Å². The van der Waals surface area contributed by atoms with Crippen LogP contribution in [0.4, 0.5) is 17.1 Å². The van der Waals surface area contributed by atoms with Gasteiger partial charge in [0.1, 0.15) is 6.04 Å². The minimum absolute atomic E-state index is 0.0529. The summed E-state index contributed by atoms with van der Waals surface area (Å²) in [7, 11) is -4.19. The number of sulfonamides is 1. The number of carbonyl (C=O) groups is 2. The highest BCUT2D eigenvalue weighted by Gasteiger charge is 2.42. The van der Waals surface area contributed by atoms with E-state index >= 15 is 0 Å². The van der Waals surface area contributed by atoms with Gasteiger partial charge in [-0.25, -0.2) is 8.42 Å². The summed E-state index contributed by atoms with van der Waals surface area (Å²) in [6.45, 7) is 0. The van der Waals surface area contributed by atoms with Crippen molar-refractivity contribution in [2.45, 2.75) is 17.4 Å². The molecule has 0 aromatic heterocycles. The van der Waals surface area contributed by atoms with Gasteiger partial charge in [-0.15, -0.1) is 0 Å². The number of nitrogens with zero attached hydrogens (tertiary/aromatic N) is 1. The first-order valence-corrected chi connectivity index (χ1v) is 11.7. The molecule has 1 heterocycles. The summed E-state index contributed by atoms with van der Waals surface area (Å²) in [5.41, 5.74) is 0.957. The molecule has 0 aliphatic carbocycles. The summed E-state index contributed by atoms with van der Waals surface area (Å²) in [6, 6.07) is 17.4. The lowest BCUT2D eigenvalue weighted by atomic mass is 10.1. The van der Waals surface area contributed by atoms with Crippen molar-refractivity contribution in [3.8, 4) is 0 Å². The lowest BCUT2D eigenvalue weighted by Crippen LogP contribution is -2.52. The number of anilines is 3. The lowest BCUT2D eigenvalue weighted by Gasteiger charge is -2.36. The molecule has 0 saturated carbocycles. The molecule has 10 heteroatoms. The smallest absolute Gasteiger partial charge is 0.265 e. The van der Waals surface area contributed by atoms with Gasteiger partial charge >= 0.3 is 0 Å². The van der Waals surface area contributed by atoms with Crippen LogP contribution in [-0.4, -0.2) is 26.3 Å². The number of benzene rings is 3. The van der Waals surface area contributed by atoms with Crippen molar-refractivity contribution in [1.29, 1.82) is 0 Å². The Labute approximate surface area is 195 Å². The molecule has 0 fully saturated rings. The number of hydrogen-bond acceptors (Lipinski definition) is 4. The Bertz CT molecular complexity index is 1300. The summed E-state index contributed by atoms with van der Waals surface area (Å²) < 4.78 is 28.1. The summed E-state index contributed by atoms with van der Waals surface area (Å²) in [4.78, 5) is 25.6. The van der Waals surface area contributed by atoms with E-state index < -0.39 is 34.3 Å². The SMILES string of the molecule is O=C(CC1C(=O)Nc2ccccc2N1S(=O)(=O)c1ccc(Cl)cc1)Nc1ccccc1Cl. The van der Waals surface area contributed by atoms with Crippen molar-refractivity contribution < 1.29 is 18.0 Å². The molecule has 0 bridgehead atoms. The van der Waals surface area contributed by atoms with Gasteiger partial charge in [-0.05, 0) is 48.5 Å². The minimum Gasteiger partial charge on any atom is -0.325 e. The maximum Gasteiger partial charge on any atom is 0.265 e. The molecular weight excluding hydrogens is 473 g/mol. The highest BCUT2D eigenvalue weighted by atomic mass is 35.5. The van der Waals surface area contributed by atoms with Crippen LogP contribution in [0.1, 0.15) is 6.42 Å². The zero-order chi connectivity index (χ0) is 22.9. The fourth-order valence-electron chi connectivity index (χ4n) is 3.39. The van der Waals surface area contributed by atoms with Crippen LogP contribution in [0.5, 0.6) is 0 Å². The zero-order valence-corrected chi connectivity index (χ0v) is 18.8. The first kappa shape index (κ1) is 22.1. The van der Waals surface area contributed by atoms with Gasteiger partial charge in [0.2, 0.25) is 11.8 Å². The van der Waals surface area contributed by atoms with Gasteiger partial charge in [0.05, 0.1) is 33.4 Å². The summed E-state index contributed by atoms with van der Waals surface area (Å²) in [6.07, 6.45) is -0.418. The third kappa shape index (κ3) is 4.29. The van der Waals surface area contributed by atoms with Crippen molar-refractivity contribution >= 4 is 62.1 Å². The molecular formula is C22H17Cl2N3O4S.